The zero-order valence-electron chi connectivity index (χ0n) is 18.2. The van der Waals surface area contributed by atoms with E-state index in [1.165, 1.54) is 16.7 Å². The van der Waals surface area contributed by atoms with E-state index in [0.29, 0.717) is 5.75 Å². The Balaban J connectivity index is 1.37. The van der Waals surface area contributed by atoms with E-state index in [-0.39, 0.29) is 23.8 Å². The van der Waals surface area contributed by atoms with Crippen LogP contribution in [0.1, 0.15) is 26.3 Å². The number of carbonyl (C=O) groups is 3. The Morgan fingerprint density at radius 3 is 2.38 bits per heavy atom. The van der Waals surface area contributed by atoms with E-state index in [1.54, 1.807) is 19.1 Å². The minimum Gasteiger partial charge on any atom is -0.481 e. The lowest BCUT2D eigenvalue weighted by molar-refractivity contribution is -0.165. The third-order valence-corrected chi connectivity index (χ3v) is 7.18. The van der Waals surface area contributed by atoms with E-state index in [2.05, 4.69) is 5.32 Å². The summed E-state index contributed by atoms with van der Waals surface area (Å²) in [7, 11) is 0. The lowest BCUT2D eigenvalue weighted by Gasteiger charge is -2.44. The quantitative estimate of drug-likeness (QED) is 0.512. The standard InChI is InChI=1S/C24H26N2O5S/c1-15(31-17-12-8-5-9-13-17)20(27)25-18-21(28)26-19(24(2,3)32-22(18)26)23(29)30-14-16-10-6-4-7-11-16/h4-13,15,18-19,22H,14H2,1-3H3,(H,25,27)/t15?,18-,19+,22-/m1/s1. The summed E-state index contributed by atoms with van der Waals surface area (Å²) in [5, 5.41) is 2.46. The monoisotopic (exact) mass is 454 g/mol. The van der Waals surface area contributed by atoms with Crippen molar-refractivity contribution in [2.24, 2.45) is 0 Å². The fourth-order valence-corrected chi connectivity index (χ4v) is 5.58. The number of carbonyl (C=O) groups excluding carboxylic acids is 3. The molecule has 8 heteroatoms. The van der Waals surface area contributed by atoms with Crippen LogP contribution in [-0.2, 0) is 25.7 Å². The summed E-state index contributed by atoms with van der Waals surface area (Å²) in [5.74, 6) is -0.516. The summed E-state index contributed by atoms with van der Waals surface area (Å²) in [6, 6.07) is 17.0. The summed E-state index contributed by atoms with van der Waals surface area (Å²) < 4.78 is 10.6. The lowest BCUT2D eigenvalue weighted by atomic mass is 9.96. The molecule has 2 amide bonds. The number of hydrogen-bond acceptors (Lipinski definition) is 6. The van der Waals surface area contributed by atoms with Gasteiger partial charge in [-0.25, -0.2) is 4.79 Å². The molecule has 2 aromatic carbocycles. The number of thioether (sulfide) groups is 1. The molecule has 2 aliphatic rings. The number of ether oxygens (including phenoxy) is 2. The minimum absolute atomic E-state index is 0.151. The van der Waals surface area contributed by atoms with Gasteiger partial charge in [0.2, 0.25) is 5.91 Å². The maximum Gasteiger partial charge on any atom is 0.330 e. The second-order valence-electron chi connectivity index (χ2n) is 8.41. The van der Waals surface area contributed by atoms with Gasteiger partial charge in [0, 0.05) is 4.75 Å². The third kappa shape index (κ3) is 4.32. The van der Waals surface area contributed by atoms with E-state index in [1.807, 2.05) is 62.4 Å². The Hall–Kier alpha value is -3.00. The second kappa shape index (κ2) is 8.86. The van der Waals surface area contributed by atoms with E-state index in [4.69, 9.17) is 9.47 Å². The third-order valence-electron chi connectivity index (χ3n) is 5.61. The molecule has 0 bridgehead atoms. The molecule has 2 saturated heterocycles. The van der Waals surface area contributed by atoms with Crippen LogP contribution in [0.5, 0.6) is 5.75 Å². The highest BCUT2D eigenvalue weighted by Crippen LogP contribution is 2.51. The molecule has 2 aliphatic heterocycles. The molecule has 1 unspecified atom stereocenters. The van der Waals surface area contributed by atoms with Crippen LogP contribution in [0, 0.1) is 0 Å². The van der Waals surface area contributed by atoms with Gasteiger partial charge in [-0.1, -0.05) is 48.5 Å². The number of nitrogens with zero attached hydrogens (tertiary/aromatic N) is 1. The second-order valence-corrected chi connectivity index (χ2v) is 10.2. The Morgan fingerprint density at radius 1 is 1.09 bits per heavy atom. The first-order valence-electron chi connectivity index (χ1n) is 10.5. The summed E-state index contributed by atoms with van der Waals surface area (Å²) in [4.78, 5) is 39.9. The van der Waals surface area contributed by atoms with Crippen LogP contribution in [0.4, 0.5) is 0 Å². The summed E-state index contributed by atoms with van der Waals surface area (Å²) >= 11 is 1.49. The molecule has 0 aliphatic carbocycles. The van der Waals surface area contributed by atoms with Crippen LogP contribution in [0.3, 0.4) is 0 Å². The zero-order chi connectivity index (χ0) is 22.9. The molecular formula is C24H26N2O5S. The predicted octanol–water partition coefficient (Wildman–Crippen LogP) is 2.74. The molecule has 32 heavy (non-hydrogen) atoms. The fourth-order valence-electron chi connectivity index (χ4n) is 3.96. The van der Waals surface area contributed by atoms with Crippen LogP contribution in [0.2, 0.25) is 0 Å². The highest BCUT2D eigenvalue weighted by Gasteiger charge is 2.64. The van der Waals surface area contributed by atoms with Crippen molar-refractivity contribution < 1.29 is 23.9 Å². The van der Waals surface area contributed by atoms with Crippen LogP contribution in [-0.4, -0.2) is 51.0 Å². The summed E-state index contributed by atoms with van der Waals surface area (Å²) in [6.45, 7) is 5.62. The molecule has 2 heterocycles. The van der Waals surface area contributed by atoms with Gasteiger partial charge in [-0.05, 0) is 38.5 Å². The first kappa shape index (κ1) is 22.2. The minimum atomic E-state index is -0.759. The summed E-state index contributed by atoms with van der Waals surface area (Å²) in [6.07, 6.45) is -0.759. The van der Waals surface area contributed by atoms with Gasteiger partial charge < -0.3 is 19.7 Å². The van der Waals surface area contributed by atoms with Gasteiger partial charge in [0.1, 0.15) is 29.8 Å². The van der Waals surface area contributed by atoms with Gasteiger partial charge >= 0.3 is 5.97 Å². The van der Waals surface area contributed by atoms with Gasteiger partial charge in [-0.2, -0.15) is 0 Å². The zero-order valence-corrected chi connectivity index (χ0v) is 19.0. The molecule has 1 N–H and O–H groups in total. The van der Waals surface area contributed by atoms with E-state index >= 15 is 0 Å². The van der Waals surface area contributed by atoms with Gasteiger partial charge in [-0.15, -0.1) is 11.8 Å². The predicted molar refractivity (Wildman–Crippen MR) is 121 cm³/mol. The molecular weight excluding hydrogens is 428 g/mol. The Kier molecular flexibility index (Phi) is 6.15. The number of amides is 2. The summed E-state index contributed by atoms with van der Waals surface area (Å²) in [5.41, 5.74) is 0.883. The number of hydrogen-bond donors (Lipinski definition) is 1. The van der Waals surface area contributed by atoms with Crippen molar-refractivity contribution in [1.29, 1.82) is 0 Å². The Labute approximate surface area is 191 Å². The van der Waals surface area contributed by atoms with Gasteiger partial charge in [0.15, 0.2) is 6.10 Å². The molecule has 4 atom stereocenters. The van der Waals surface area contributed by atoms with Crippen molar-refractivity contribution in [2.75, 3.05) is 0 Å². The number of β-lactam (4-membered cyclic amide) rings is 1. The van der Waals surface area contributed by atoms with E-state index in [9.17, 15) is 14.4 Å². The van der Waals surface area contributed by atoms with Crippen LogP contribution < -0.4 is 10.1 Å². The van der Waals surface area contributed by atoms with Crippen molar-refractivity contribution in [2.45, 2.75) is 55.7 Å². The molecule has 2 fully saturated rings. The average molecular weight is 455 g/mol. The molecule has 7 nitrogen and oxygen atoms in total. The molecule has 0 saturated carbocycles. The van der Waals surface area contributed by atoms with E-state index < -0.39 is 28.9 Å². The highest BCUT2D eigenvalue weighted by molar-refractivity contribution is 8.01. The largest absolute Gasteiger partial charge is 0.481 e. The smallest absolute Gasteiger partial charge is 0.330 e. The van der Waals surface area contributed by atoms with Crippen molar-refractivity contribution in [3.63, 3.8) is 0 Å². The molecule has 0 radical (unpaired) electrons. The fraction of sp³-hybridized carbons (Fsp3) is 0.375. The van der Waals surface area contributed by atoms with Gasteiger partial charge in [0.05, 0.1) is 0 Å². The topological polar surface area (TPSA) is 84.9 Å². The number of esters is 1. The first-order valence-corrected chi connectivity index (χ1v) is 11.4. The number of fused-ring (bicyclic) bond motifs is 1. The highest BCUT2D eigenvalue weighted by atomic mass is 32.2. The number of nitrogens with one attached hydrogen (secondary N) is 1. The van der Waals surface area contributed by atoms with Gasteiger partial charge in [0.25, 0.3) is 5.91 Å². The van der Waals surface area contributed by atoms with E-state index in [0.717, 1.165) is 5.56 Å². The first-order chi connectivity index (χ1) is 15.3. The molecule has 4 rings (SSSR count). The van der Waals surface area contributed by atoms with Crippen molar-refractivity contribution >= 4 is 29.5 Å². The lowest BCUT2D eigenvalue weighted by Crippen LogP contribution is -2.71. The Morgan fingerprint density at radius 2 is 1.72 bits per heavy atom. The van der Waals surface area contributed by atoms with Crippen LogP contribution >= 0.6 is 11.8 Å². The molecule has 168 valence electrons. The van der Waals surface area contributed by atoms with Crippen molar-refractivity contribution in [3.8, 4) is 5.75 Å². The molecule has 0 spiro atoms. The molecule has 0 aromatic heterocycles. The molecule has 2 aromatic rings. The average Bonchev–Trinajstić information content (AvgIpc) is 3.04. The Bertz CT molecular complexity index is 998. The SMILES string of the molecule is CC(Oc1ccccc1)C(=O)N[C@@H]1C(=O)N2[C@@H]1SC(C)(C)[C@@H]2C(=O)OCc1ccccc1. The van der Waals surface area contributed by atoms with Crippen LogP contribution in [0.25, 0.3) is 0 Å². The number of rotatable bonds is 7. The number of para-hydroxylation sites is 1. The van der Waals surface area contributed by atoms with Crippen LogP contribution in [0.15, 0.2) is 60.7 Å². The normalized spacial score (nSPS) is 24.2. The van der Waals surface area contributed by atoms with Crippen molar-refractivity contribution in [1.82, 2.24) is 10.2 Å². The maximum absolute atomic E-state index is 12.9. The van der Waals surface area contributed by atoms with Gasteiger partial charge in [-0.3, -0.25) is 9.59 Å². The van der Waals surface area contributed by atoms with Crippen molar-refractivity contribution in [3.05, 3.63) is 66.2 Å². The maximum atomic E-state index is 12.9. The number of benzene rings is 2.